The molecule has 0 aromatic heterocycles. The predicted molar refractivity (Wildman–Crippen MR) is 258 cm³/mol. The van der Waals surface area contributed by atoms with Gasteiger partial charge in [-0.1, -0.05) is 54.6 Å². The fraction of sp³-hybridized carbons (Fsp3) is 0.667. The van der Waals surface area contributed by atoms with Crippen LogP contribution in [-0.4, -0.2) is 241 Å². The van der Waals surface area contributed by atoms with Crippen molar-refractivity contribution in [2.75, 3.05) is 200 Å². The molecule has 0 aliphatic carbocycles. The van der Waals surface area contributed by atoms with Crippen LogP contribution in [0, 0.1) is 0 Å². The summed E-state index contributed by atoms with van der Waals surface area (Å²) in [5, 5.41) is 0. The van der Waals surface area contributed by atoms with E-state index in [0.717, 1.165) is 33.1 Å². The van der Waals surface area contributed by atoms with Crippen LogP contribution in [0.3, 0.4) is 0 Å². The van der Waals surface area contributed by atoms with Crippen LogP contribution >= 0.6 is 0 Å². The molecule has 9 heterocycles. The molecule has 0 saturated carbocycles. The topological polar surface area (TPSA) is 0 Å². The average molecular weight is 867 g/mol. The van der Waals surface area contributed by atoms with Crippen molar-refractivity contribution in [3.8, 4) is 0 Å². The Morgan fingerprint density at radius 3 is 0.873 bits per heavy atom. The van der Waals surface area contributed by atoms with Crippen molar-refractivity contribution >= 4 is 0 Å². The van der Waals surface area contributed by atoms with Crippen LogP contribution in [-0.2, 0) is 39.3 Å². The lowest BCUT2D eigenvalue weighted by Crippen LogP contribution is -2.73. The second kappa shape index (κ2) is 16.9. The Balaban J connectivity index is 0.876. The first kappa shape index (κ1) is 45.5. The van der Waals surface area contributed by atoms with E-state index in [1.54, 1.807) is 16.7 Å². The van der Waals surface area contributed by atoms with Crippen LogP contribution in [0.2, 0.25) is 0 Å². The number of fused-ring (bicyclic) bond motifs is 9. The van der Waals surface area contributed by atoms with Crippen LogP contribution in [0.4, 0.5) is 0 Å². The van der Waals surface area contributed by atoms with E-state index in [4.69, 9.17) is 0 Å². The highest BCUT2D eigenvalue weighted by Gasteiger charge is 2.49. The maximum absolute atomic E-state index is 2.62. The number of quaternary nitrogens is 9. The quantitative estimate of drug-likeness (QED) is 0.165. The molecule has 3 aromatic carbocycles. The first-order valence-corrected chi connectivity index (χ1v) is 25.5. The van der Waals surface area contributed by atoms with Crippen molar-refractivity contribution in [3.63, 3.8) is 0 Å². The molecular formula is C54H92N9+9. The summed E-state index contributed by atoms with van der Waals surface area (Å²) < 4.78 is 11.0. The number of rotatable bonds is 18. The van der Waals surface area contributed by atoms with Gasteiger partial charge in [-0.25, -0.2) is 0 Å². The second-order valence-electron chi connectivity index (χ2n) is 25.7. The van der Waals surface area contributed by atoms with E-state index in [1.165, 1.54) is 207 Å². The highest BCUT2D eigenvalue weighted by Crippen LogP contribution is 2.31. The molecule has 344 valence electrons. The van der Waals surface area contributed by atoms with Crippen LogP contribution in [0.5, 0.6) is 0 Å². The summed E-state index contributed by atoms with van der Waals surface area (Å²) in [5.41, 5.74) is 9.22. The lowest BCUT2D eigenvalue weighted by atomic mass is 10.0. The lowest BCUT2D eigenvalue weighted by Gasteiger charge is -2.54. The first-order chi connectivity index (χ1) is 29.7. The van der Waals surface area contributed by atoms with Gasteiger partial charge in [-0.05, 0) is 18.2 Å². The van der Waals surface area contributed by atoms with E-state index < -0.39 is 0 Å². The Bertz CT molecular complexity index is 1910. The molecule has 9 heteroatoms. The first-order valence-electron chi connectivity index (χ1n) is 25.5. The predicted octanol–water partition coefficient (Wildman–Crippen LogP) is 4.56. The molecule has 9 saturated heterocycles. The molecule has 63 heavy (non-hydrogen) atoms. The minimum atomic E-state index is 1.02. The van der Waals surface area contributed by atoms with Crippen LogP contribution in [0.25, 0.3) is 0 Å². The third-order valence-corrected chi connectivity index (χ3v) is 18.8. The number of nitrogens with zero attached hydrogens (tertiary/aromatic N) is 9. The Morgan fingerprint density at radius 2 is 0.587 bits per heavy atom. The summed E-state index contributed by atoms with van der Waals surface area (Å²) in [6, 6.07) is 29.4. The van der Waals surface area contributed by atoms with Gasteiger partial charge in [0.1, 0.15) is 183 Å². The summed E-state index contributed by atoms with van der Waals surface area (Å²) in [4.78, 5) is 0. The standard InChI is InChI=1S/C54H92N9/c1-55(2,43-49-12-9-15-52(40-49)46-61-31-22-57(5,23-32-61)24-33-61)18-20-60(8,45-51-14-11-17-54(42-51)48-63-37-28-59(7,29-38-63)30-39-63)21-19-56(3,4)44-50-13-10-16-53(41-50)47-62-34-25-58(6,26-35-62)27-36-62/h9-17,40-42H,18-39,43-48H2,1-8H3/q+9. The highest BCUT2D eigenvalue weighted by atomic mass is 15.5. The number of hydrogen-bond donors (Lipinski definition) is 0. The molecule has 3 aromatic rings. The van der Waals surface area contributed by atoms with Crippen molar-refractivity contribution in [2.45, 2.75) is 39.3 Å². The summed E-state index contributed by atoms with van der Waals surface area (Å²) in [6.07, 6.45) is 0. The number of hydrogen-bond acceptors (Lipinski definition) is 0. The molecule has 0 radical (unpaired) electrons. The molecule has 0 N–H and O–H groups in total. The van der Waals surface area contributed by atoms with Gasteiger partial charge in [0, 0.05) is 33.4 Å². The Hall–Kier alpha value is -2.70. The van der Waals surface area contributed by atoms with Gasteiger partial charge in [0.05, 0.1) is 56.4 Å². The van der Waals surface area contributed by atoms with E-state index >= 15 is 0 Å². The molecule has 9 nitrogen and oxygen atoms in total. The molecule has 0 spiro atoms. The summed E-state index contributed by atoms with van der Waals surface area (Å²) >= 11 is 0. The Kier molecular flexibility index (Phi) is 12.2. The molecular weight excluding hydrogens is 775 g/mol. The monoisotopic (exact) mass is 867 g/mol. The van der Waals surface area contributed by atoms with Gasteiger partial charge in [0.2, 0.25) is 0 Å². The minimum absolute atomic E-state index is 1.02. The zero-order chi connectivity index (χ0) is 44.2. The Morgan fingerprint density at radius 1 is 0.333 bits per heavy atom. The van der Waals surface area contributed by atoms with Gasteiger partial charge in [-0.15, -0.1) is 0 Å². The largest absolute Gasteiger partial charge is 0.320 e. The van der Waals surface area contributed by atoms with Crippen LogP contribution in [0.15, 0.2) is 72.8 Å². The second-order valence-corrected chi connectivity index (χ2v) is 25.7. The smallest absolute Gasteiger partial charge is 0.129 e. The van der Waals surface area contributed by atoms with Gasteiger partial charge in [0.25, 0.3) is 0 Å². The fourth-order valence-electron chi connectivity index (χ4n) is 13.3. The molecule has 0 atom stereocenters. The van der Waals surface area contributed by atoms with Gasteiger partial charge in [-0.3, -0.25) is 0 Å². The summed E-state index contributed by atoms with van der Waals surface area (Å²) in [6.45, 7) is 35.9. The molecule has 0 amide bonds. The zero-order valence-corrected chi connectivity index (χ0v) is 41.8. The minimum Gasteiger partial charge on any atom is -0.320 e. The third kappa shape index (κ3) is 10.8. The number of piperazine rings is 9. The molecule has 9 aliphatic heterocycles. The van der Waals surface area contributed by atoms with Gasteiger partial charge >= 0.3 is 0 Å². The van der Waals surface area contributed by atoms with Crippen molar-refractivity contribution in [1.82, 2.24) is 0 Å². The van der Waals surface area contributed by atoms with Gasteiger partial charge in [0.15, 0.2) is 0 Å². The number of likely N-dealkylation sites (N-methyl/N-ethyl adjacent to an activating group) is 6. The van der Waals surface area contributed by atoms with E-state index in [2.05, 4.69) is 129 Å². The molecule has 0 unspecified atom stereocenters. The molecule has 9 fully saturated rings. The lowest BCUT2D eigenvalue weighted by molar-refractivity contribution is -1.08. The SMILES string of the molecule is C[N+](C)(CC[N+](C)(CC[N+](C)(C)Cc1cccc(C[N+]23CC[N+](C)(CC2)CC3)c1)Cc1cccc(C[N+]23CC[N+](C)(CC2)CC3)c1)Cc1cccc(C[N+]23CC[N+](C)(CC2)CC3)c1. The number of benzene rings is 3. The summed E-state index contributed by atoms with van der Waals surface area (Å²) in [5.74, 6) is 0. The van der Waals surface area contributed by atoms with Crippen LogP contribution < -0.4 is 0 Å². The maximum Gasteiger partial charge on any atom is 0.129 e. The normalized spacial score (nSPS) is 33.7. The van der Waals surface area contributed by atoms with Crippen molar-refractivity contribution in [3.05, 3.63) is 106 Å². The van der Waals surface area contributed by atoms with E-state index in [9.17, 15) is 0 Å². The average Bonchev–Trinajstić information content (AvgIpc) is 3.24. The Labute approximate surface area is 384 Å². The molecule has 6 bridgehead atoms. The van der Waals surface area contributed by atoms with Crippen molar-refractivity contribution in [2.24, 2.45) is 0 Å². The van der Waals surface area contributed by atoms with E-state index in [-0.39, 0.29) is 0 Å². The summed E-state index contributed by atoms with van der Waals surface area (Å²) in [7, 11) is 20.0. The van der Waals surface area contributed by atoms with Crippen LogP contribution in [0.1, 0.15) is 33.4 Å². The van der Waals surface area contributed by atoms with E-state index in [1.807, 2.05) is 0 Å². The molecule has 12 rings (SSSR count). The van der Waals surface area contributed by atoms with Gasteiger partial charge in [-0.2, -0.15) is 0 Å². The third-order valence-electron chi connectivity index (χ3n) is 18.8. The molecule has 9 aliphatic rings. The fourth-order valence-corrected chi connectivity index (χ4v) is 13.3. The maximum atomic E-state index is 2.62. The van der Waals surface area contributed by atoms with E-state index in [0.29, 0.717) is 0 Å². The van der Waals surface area contributed by atoms with Crippen molar-refractivity contribution < 1.29 is 40.3 Å². The van der Waals surface area contributed by atoms with Crippen molar-refractivity contribution in [1.29, 1.82) is 0 Å². The van der Waals surface area contributed by atoms with Gasteiger partial charge < -0.3 is 40.3 Å². The highest BCUT2D eigenvalue weighted by molar-refractivity contribution is 5.24. The zero-order valence-electron chi connectivity index (χ0n) is 41.8.